The first-order chi connectivity index (χ1) is 34.6. The number of anilines is 1. The van der Waals surface area contributed by atoms with Crippen LogP contribution in [0.1, 0.15) is 83.4 Å². The number of likely N-dealkylation sites (N-methyl/N-ethyl adjacent to an activating group) is 1. The average Bonchev–Trinajstić information content (AvgIpc) is 4.05. The van der Waals surface area contributed by atoms with Gasteiger partial charge in [-0.05, 0) is 68.9 Å². The van der Waals surface area contributed by atoms with Crippen molar-refractivity contribution in [1.29, 1.82) is 0 Å². The van der Waals surface area contributed by atoms with Gasteiger partial charge in [-0.1, -0.05) is 51.1 Å². The highest BCUT2D eigenvalue weighted by Gasteiger charge is 2.47. The second-order valence-corrected chi connectivity index (χ2v) is 21.2. The fraction of sp³-hybridized carbons (Fsp3) is 0.500. The zero-order chi connectivity index (χ0) is 52.8. The molecule has 3 aromatic carbocycles. The van der Waals surface area contributed by atoms with Gasteiger partial charge in [-0.3, -0.25) is 24.1 Å². The van der Waals surface area contributed by atoms with Crippen molar-refractivity contribution in [2.75, 3.05) is 71.3 Å². The Morgan fingerprint density at radius 2 is 1.58 bits per heavy atom. The summed E-state index contributed by atoms with van der Waals surface area (Å²) >= 11 is 1.53. The summed E-state index contributed by atoms with van der Waals surface area (Å²) in [5.74, 6) is -3.57. The van der Waals surface area contributed by atoms with Crippen molar-refractivity contribution in [2.45, 2.75) is 104 Å². The van der Waals surface area contributed by atoms with E-state index in [9.17, 15) is 19.2 Å². The van der Waals surface area contributed by atoms with E-state index < -0.39 is 64.7 Å². The largest absolute Gasteiger partial charge is 0.491 e. The molecule has 1 saturated heterocycles. The van der Waals surface area contributed by atoms with Crippen molar-refractivity contribution < 1.29 is 56.0 Å². The second kappa shape index (κ2) is 23.6. The van der Waals surface area contributed by atoms with E-state index in [4.69, 9.17) is 23.7 Å². The quantitative estimate of drug-likeness (QED) is 0.0539. The molecule has 3 amide bonds. The molecule has 1 fully saturated rings. The number of benzene rings is 3. The first-order valence-corrected chi connectivity index (χ1v) is 25.4. The van der Waals surface area contributed by atoms with Gasteiger partial charge >= 0.3 is 5.97 Å². The molecule has 0 spiro atoms. The maximum Gasteiger partial charge on any atom is 0.302 e. The number of hydrogen-bond donors (Lipinski definition) is 2. The zero-order valence-corrected chi connectivity index (χ0v) is 43.8. The molecule has 0 unspecified atom stereocenters. The smallest absolute Gasteiger partial charge is 0.302 e. The fourth-order valence-corrected chi connectivity index (χ4v) is 10.4. The van der Waals surface area contributed by atoms with E-state index in [2.05, 4.69) is 15.3 Å². The topological polar surface area (TPSA) is 165 Å². The van der Waals surface area contributed by atoms with E-state index in [0.29, 0.717) is 17.8 Å². The molecular formula is C54H67F3N6O9S. The minimum Gasteiger partial charge on any atom is -0.491 e. The van der Waals surface area contributed by atoms with Gasteiger partial charge in [0.1, 0.15) is 54.5 Å². The number of aromatic amines is 1. The van der Waals surface area contributed by atoms with Gasteiger partial charge in [0.15, 0.2) is 0 Å². The number of H-pyrrole nitrogens is 1. The minimum absolute atomic E-state index is 0.00497. The molecule has 394 valence electrons. The van der Waals surface area contributed by atoms with Crippen LogP contribution in [0.4, 0.5) is 18.9 Å². The molecule has 0 aliphatic carbocycles. The molecule has 19 heteroatoms. The summed E-state index contributed by atoms with van der Waals surface area (Å²) in [5.41, 5.74) is 4.14. The molecule has 5 aromatic rings. The van der Waals surface area contributed by atoms with Gasteiger partial charge < -0.3 is 43.8 Å². The predicted octanol–water partition coefficient (Wildman–Crippen LogP) is 8.12. The zero-order valence-electron chi connectivity index (χ0n) is 43.0. The van der Waals surface area contributed by atoms with Gasteiger partial charge in [-0.15, -0.1) is 11.3 Å². The van der Waals surface area contributed by atoms with Crippen LogP contribution in [-0.4, -0.2) is 140 Å². The van der Waals surface area contributed by atoms with Crippen molar-refractivity contribution in [3.63, 3.8) is 0 Å². The lowest BCUT2D eigenvalue weighted by Gasteiger charge is -2.43. The Morgan fingerprint density at radius 3 is 2.19 bits per heavy atom. The number of alkyl halides is 1. The summed E-state index contributed by atoms with van der Waals surface area (Å²) in [6, 6.07) is 14.4. The highest BCUT2D eigenvalue weighted by atomic mass is 32.1. The third-order valence-corrected chi connectivity index (χ3v) is 14.0. The molecular weight excluding hydrogens is 966 g/mol. The van der Waals surface area contributed by atoms with Crippen LogP contribution in [0.5, 0.6) is 5.75 Å². The SMILES string of the molecule is CC(=O)O[C@@H]1C[C@@H](C(=O)N(C)c2ccc(-c3scnc3C)cc2)N(C(=O)[C@@H](NC(=O)COCCOCCOCCOc2cc(F)c([C@@H]3c4[nH]c5ccccc5c4C[C@@H](C)N3CC(C)(C)F)c(F)c2)C(C)(C)C)C1. The number of nitrogens with one attached hydrogen (secondary N) is 2. The van der Waals surface area contributed by atoms with Crippen LogP contribution < -0.4 is 15.0 Å². The van der Waals surface area contributed by atoms with Crippen LogP contribution in [0.15, 0.2) is 66.2 Å². The van der Waals surface area contributed by atoms with Crippen molar-refractivity contribution in [1.82, 2.24) is 25.1 Å². The lowest BCUT2D eigenvalue weighted by atomic mass is 9.85. The van der Waals surface area contributed by atoms with Gasteiger partial charge in [0.25, 0.3) is 0 Å². The summed E-state index contributed by atoms with van der Waals surface area (Å²) in [4.78, 5) is 67.0. The standard InChI is InChI=1S/C54H67F3N6O9S/c1-32-24-40-39-12-10-11-13-43(39)59-47(40)48(63(32)30-54(7,8)57)46-41(55)25-37(26-42(46)56)71-23-22-69-19-18-68-20-21-70-29-45(65)60-50(53(4,5)6)52(67)62-28-38(72-34(3)64)27-44(62)51(66)61(9)36-16-14-35(15-17-36)49-33(2)58-31-73-49/h10-17,25-26,31-32,38,44,48,50,59H,18-24,27-30H2,1-9H3,(H,60,65)/t32-,38-,44+,48-,50-/m1/s1. The Morgan fingerprint density at radius 1 is 0.932 bits per heavy atom. The number of nitrogens with zero attached hydrogens (tertiary/aromatic N) is 4. The first kappa shape index (κ1) is 54.9. The molecule has 2 aromatic heterocycles. The molecule has 7 rings (SSSR count). The molecule has 0 bridgehead atoms. The van der Waals surface area contributed by atoms with Gasteiger partial charge in [0.05, 0.1) is 61.7 Å². The average molecular weight is 1030 g/mol. The summed E-state index contributed by atoms with van der Waals surface area (Å²) in [5, 5.41) is 3.77. The van der Waals surface area contributed by atoms with E-state index >= 15 is 13.2 Å². The Bertz CT molecular complexity index is 2710. The molecule has 73 heavy (non-hydrogen) atoms. The van der Waals surface area contributed by atoms with Crippen molar-refractivity contribution >= 4 is 51.6 Å². The summed E-state index contributed by atoms with van der Waals surface area (Å²) < 4.78 is 75.1. The minimum atomic E-state index is -1.62. The lowest BCUT2D eigenvalue weighted by molar-refractivity contribution is -0.147. The lowest BCUT2D eigenvalue weighted by Crippen LogP contribution is -2.58. The third kappa shape index (κ3) is 13.5. The number of carbonyl (C=O) groups excluding carboxylic acids is 4. The number of halogens is 3. The molecule has 2 aliphatic heterocycles. The Labute approximate surface area is 428 Å². The van der Waals surface area contributed by atoms with E-state index in [1.165, 1.54) is 41.9 Å². The number of aromatic nitrogens is 2. The number of fused-ring (bicyclic) bond motifs is 3. The number of rotatable bonds is 21. The summed E-state index contributed by atoms with van der Waals surface area (Å²) in [6.45, 7) is 13.7. The second-order valence-electron chi connectivity index (χ2n) is 20.4. The Kier molecular flexibility index (Phi) is 17.7. The summed E-state index contributed by atoms with van der Waals surface area (Å²) in [7, 11) is 1.63. The first-order valence-electron chi connectivity index (χ1n) is 24.6. The number of likely N-dealkylation sites (tertiary alicyclic amines) is 1. The maximum atomic E-state index is 16.0. The number of ether oxygens (including phenoxy) is 5. The van der Waals surface area contributed by atoms with E-state index in [-0.39, 0.29) is 89.0 Å². The molecule has 2 N–H and O–H groups in total. The highest BCUT2D eigenvalue weighted by molar-refractivity contribution is 7.13. The number of para-hydroxylation sites is 1. The third-order valence-electron chi connectivity index (χ3n) is 13.1. The number of esters is 1. The number of aryl methyl sites for hydroxylation is 1. The molecule has 0 saturated carbocycles. The van der Waals surface area contributed by atoms with Crippen LogP contribution >= 0.6 is 11.3 Å². The predicted molar refractivity (Wildman–Crippen MR) is 272 cm³/mol. The van der Waals surface area contributed by atoms with Crippen LogP contribution in [0.3, 0.4) is 0 Å². The number of carbonyl (C=O) groups is 4. The van der Waals surface area contributed by atoms with E-state index in [0.717, 1.165) is 44.7 Å². The highest BCUT2D eigenvalue weighted by Crippen LogP contribution is 2.44. The van der Waals surface area contributed by atoms with E-state index in [1.54, 1.807) is 33.3 Å². The molecule has 2 aliphatic rings. The Balaban J connectivity index is 0.844. The van der Waals surface area contributed by atoms with Crippen LogP contribution in [-0.2, 0) is 44.5 Å². The van der Waals surface area contributed by atoms with Crippen LogP contribution in [0.2, 0.25) is 0 Å². The van der Waals surface area contributed by atoms with Crippen molar-refractivity contribution in [3.05, 3.63) is 100 Å². The van der Waals surface area contributed by atoms with Crippen molar-refractivity contribution in [3.8, 4) is 16.2 Å². The van der Waals surface area contributed by atoms with Crippen molar-refractivity contribution in [2.24, 2.45) is 5.41 Å². The van der Waals surface area contributed by atoms with Gasteiger partial charge in [-0.2, -0.15) is 0 Å². The summed E-state index contributed by atoms with van der Waals surface area (Å²) in [6.07, 6.45) is -0.0321. The number of hydrogen-bond acceptors (Lipinski definition) is 12. The maximum absolute atomic E-state index is 16.0. The van der Waals surface area contributed by atoms with Crippen LogP contribution in [0.25, 0.3) is 21.3 Å². The monoisotopic (exact) mass is 1030 g/mol. The Hall–Kier alpha value is -5.86. The van der Waals surface area contributed by atoms with Gasteiger partial charge in [0.2, 0.25) is 17.7 Å². The van der Waals surface area contributed by atoms with E-state index in [1.807, 2.05) is 67.3 Å². The normalized spacial score (nSPS) is 18.7. The fourth-order valence-electron chi connectivity index (χ4n) is 9.61. The van der Waals surface area contributed by atoms with Crippen LogP contribution in [0, 0.1) is 24.0 Å². The number of amides is 3. The molecule has 0 radical (unpaired) electrons. The molecule has 4 heterocycles. The molecule has 15 nitrogen and oxygen atoms in total. The van der Waals surface area contributed by atoms with Gasteiger partial charge in [-0.25, -0.2) is 18.2 Å². The number of thiazole rings is 1. The molecule has 5 atom stereocenters. The van der Waals surface area contributed by atoms with Gasteiger partial charge in [0, 0.05) is 73.0 Å².